The fourth-order valence-corrected chi connectivity index (χ4v) is 5.84. The van der Waals surface area contributed by atoms with E-state index in [1.165, 1.54) is 4.52 Å². The van der Waals surface area contributed by atoms with E-state index in [0.717, 1.165) is 19.1 Å². The van der Waals surface area contributed by atoms with Crippen molar-refractivity contribution in [2.75, 3.05) is 22.0 Å². The molecule has 2 amide bonds. The van der Waals surface area contributed by atoms with E-state index < -0.39 is 15.9 Å². The maximum absolute atomic E-state index is 13.4. The highest BCUT2D eigenvalue weighted by atomic mass is 32.2. The molecule has 3 heterocycles. The number of aromatic nitrogens is 3. The number of rotatable bonds is 8. The number of nitrogen functional groups attached to an aromatic ring is 1. The number of nitrogens with one attached hydrogen (secondary N) is 2. The number of hydrogen-bond acceptors (Lipinski definition) is 8. The van der Waals surface area contributed by atoms with E-state index in [0.29, 0.717) is 46.1 Å². The van der Waals surface area contributed by atoms with Gasteiger partial charge in [0.25, 0.3) is 11.8 Å². The molecule has 12 nitrogen and oxygen atoms in total. The second-order valence-electron chi connectivity index (χ2n) is 10.6. The summed E-state index contributed by atoms with van der Waals surface area (Å²) in [5, 5.41) is 16.3. The van der Waals surface area contributed by atoms with Gasteiger partial charge in [-0.1, -0.05) is 12.1 Å². The zero-order valence-electron chi connectivity index (χ0n) is 22.5. The van der Waals surface area contributed by atoms with Gasteiger partial charge < -0.3 is 21.1 Å². The highest BCUT2D eigenvalue weighted by Crippen LogP contribution is 2.41. The molecule has 1 aliphatic carbocycles. The standard InChI is InChI=1S/C28H29N7O5S/c1-15(17-5-6-17)34-13-19-11-18(12-22(23(19)28(34)38)33-41(2,39)40)21-9-10-35-26(31-21)24(25(29)32-35)27(37)30-20-7-3-16(14-36)4-8-20/h3-4,7-12,15,17,33,36H,5-6,13-14H2,1-2H3,(H2,29,32)(H,30,37). The van der Waals surface area contributed by atoms with Crippen LogP contribution >= 0.6 is 0 Å². The first-order valence-corrected chi connectivity index (χ1v) is 15.0. The number of fused-ring (bicyclic) bond motifs is 2. The third kappa shape index (κ3) is 5.09. The van der Waals surface area contributed by atoms with Crippen LogP contribution in [0.5, 0.6) is 0 Å². The summed E-state index contributed by atoms with van der Waals surface area (Å²) in [7, 11) is -3.68. The maximum Gasteiger partial charge on any atom is 0.263 e. The molecule has 2 aliphatic rings. The summed E-state index contributed by atoms with van der Waals surface area (Å²) in [5.41, 5.74) is 9.85. The number of nitrogens with zero attached hydrogens (tertiary/aromatic N) is 4. The summed E-state index contributed by atoms with van der Waals surface area (Å²) in [6, 6.07) is 11.9. The lowest BCUT2D eigenvalue weighted by molar-refractivity contribution is 0.0698. The molecule has 0 spiro atoms. The number of sulfonamides is 1. The molecule has 1 unspecified atom stereocenters. The number of aliphatic hydroxyl groups excluding tert-OH is 1. The Labute approximate surface area is 236 Å². The molecule has 41 heavy (non-hydrogen) atoms. The van der Waals surface area contributed by atoms with Gasteiger partial charge in [0, 0.05) is 30.0 Å². The molecule has 5 N–H and O–H groups in total. The van der Waals surface area contributed by atoms with E-state index in [1.54, 1.807) is 47.5 Å². The van der Waals surface area contributed by atoms with Gasteiger partial charge in [-0.05, 0) is 67.1 Å². The minimum absolute atomic E-state index is 0.0113. The van der Waals surface area contributed by atoms with Crippen LogP contribution in [0.4, 0.5) is 17.2 Å². The van der Waals surface area contributed by atoms with Crippen molar-refractivity contribution < 1.29 is 23.1 Å². The predicted molar refractivity (Wildman–Crippen MR) is 154 cm³/mol. The van der Waals surface area contributed by atoms with Crippen LogP contribution in [-0.2, 0) is 23.2 Å². The Hall–Kier alpha value is -4.49. The number of carbonyl (C=O) groups is 2. The van der Waals surface area contributed by atoms with Crippen LogP contribution in [0.25, 0.3) is 16.9 Å². The predicted octanol–water partition coefficient (Wildman–Crippen LogP) is 2.85. The topological polar surface area (TPSA) is 172 Å². The molecule has 0 saturated heterocycles. The van der Waals surface area contributed by atoms with Crippen LogP contribution in [0.1, 0.15) is 51.6 Å². The van der Waals surface area contributed by atoms with E-state index in [1.807, 2.05) is 13.0 Å². The number of aliphatic hydroxyl groups is 1. The SMILES string of the molecule is CC(C1CC1)N1Cc2cc(-c3ccn4nc(N)c(C(=O)Nc5ccc(CO)cc5)c4n3)cc(NS(C)(=O)=O)c2C1=O. The average Bonchev–Trinajstić information content (AvgIpc) is 3.64. The van der Waals surface area contributed by atoms with Gasteiger partial charge in [0.2, 0.25) is 10.0 Å². The minimum atomic E-state index is -3.68. The third-order valence-electron chi connectivity index (χ3n) is 7.56. The summed E-state index contributed by atoms with van der Waals surface area (Å²) in [5.74, 6) is -0.270. The van der Waals surface area contributed by atoms with E-state index in [4.69, 9.17) is 5.73 Å². The Morgan fingerprint density at radius 3 is 2.59 bits per heavy atom. The van der Waals surface area contributed by atoms with Crippen LogP contribution in [0.3, 0.4) is 0 Å². The van der Waals surface area contributed by atoms with Crippen molar-refractivity contribution in [1.82, 2.24) is 19.5 Å². The number of benzene rings is 2. The van der Waals surface area contributed by atoms with Gasteiger partial charge in [-0.2, -0.15) is 0 Å². The summed E-state index contributed by atoms with van der Waals surface area (Å²) in [4.78, 5) is 33.1. The van der Waals surface area contributed by atoms with E-state index >= 15 is 0 Å². The highest BCUT2D eigenvalue weighted by Gasteiger charge is 2.40. The van der Waals surface area contributed by atoms with Crippen LogP contribution in [0.15, 0.2) is 48.7 Å². The van der Waals surface area contributed by atoms with Crippen molar-refractivity contribution in [3.63, 3.8) is 0 Å². The fraction of sp³-hybridized carbons (Fsp3) is 0.286. The largest absolute Gasteiger partial charge is 0.392 e. The van der Waals surface area contributed by atoms with E-state index in [-0.39, 0.29) is 41.3 Å². The zero-order valence-corrected chi connectivity index (χ0v) is 23.3. The molecule has 1 saturated carbocycles. The second kappa shape index (κ2) is 9.85. The molecule has 1 fully saturated rings. The number of nitrogens with two attached hydrogens (primary N) is 1. The van der Waals surface area contributed by atoms with Crippen molar-refractivity contribution in [2.24, 2.45) is 5.92 Å². The van der Waals surface area contributed by atoms with Crippen molar-refractivity contribution in [3.8, 4) is 11.3 Å². The fourth-order valence-electron chi connectivity index (χ4n) is 5.28. The van der Waals surface area contributed by atoms with Gasteiger partial charge >= 0.3 is 0 Å². The zero-order chi connectivity index (χ0) is 29.1. The molecular formula is C28H29N7O5S. The lowest BCUT2D eigenvalue weighted by Crippen LogP contribution is -2.34. The molecular weight excluding hydrogens is 546 g/mol. The van der Waals surface area contributed by atoms with Gasteiger partial charge in [-0.15, -0.1) is 5.10 Å². The second-order valence-corrected chi connectivity index (χ2v) is 12.3. The van der Waals surface area contributed by atoms with Crippen molar-refractivity contribution in [1.29, 1.82) is 0 Å². The van der Waals surface area contributed by atoms with Crippen molar-refractivity contribution in [2.45, 2.75) is 39.0 Å². The van der Waals surface area contributed by atoms with E-state index in [2.05, 4.69) is 20.1 Å². The van der Waals surface area contributed by atoms with Gasteiger partial charge in [0.05, 0.1) is 29.8 Å². The summed E-state index contributed by atoms with van der Waals surface area (Å²) >= 11 is 0. The molecule has 0 bridgehead atoms. The van der Waals surface area contributed by atoms with Crippen molar-refractivity contribution >= 4 is 44.7 Å². The Morgan fingerprint density at radius 2 is 1.93 bits per heavy atom. The Balaban J connectivity index is 1.39. The minimum Gasteiger partial charge on any atom is -0.392 e. The first kappa shape index (κ1) is 26.7. The Bertz CT molecular complexity index is 1810. The van der Waals surface area contributed by atoms with Gasteiger partial charge in [-0.25, -0.2) is 17.9 Å². The van der Waals surface area contributed by atoms with Crippen molar-refractivity contribution in [3.05, 3.63) is 70.9 Å². The Kier molecular flexibility index (Phi) is 6.42. The summed E-state index contributed by atoms with van der Waals surface area (Å²) < 4.78 is 28.4. The average molecular weight is 576 g/mol. The number of anilines is 3. The van der Waals surface area contributed by atoms with Gasteiger partial charge in [-0.3, -0.25) is 14.3 Å². The lowest BCUT2D eigenvalue weighted by atomic mass is 10.0. The number of hydrogen-bond donors (Lipinski definition) is 4. The Morgan fingerprint density at radius 1 is 1.20 bits per heavy atom. The molecule has 1 aliphatic heterocycles. The number of amides is 2. The smallest absolute Gasteiger partial charge is 0.263 e. The third-order valence-corrected chi connectivity index (χ3v) is 8.15. The lowest BCUT2D eigenvalue weighted by Gasteiger charge is -2.24. The van der Waals surface area contributed by atoms with Crippen LogP contribution < -0.4 is 15.8 Å². The first-order chi connectivity index (χ1) is 19.5. The van der Waals surface area contributed by atoms with Gasteiger partial charge in [0.1, 0.15) is 5.56 Å². The van der Waals surface area contributed by atoms with Crippen LogP contribution in [-0.4, -0.2) is 57.1 Å². The molecule has 1 atom stereocenters. The summed E-state index contributed by atoms with van der Waals surface area (Å²) in [6.45, 7) is 2.28. The highest BCUT2D eigenvalue weighted by molar-refractivity contribution is 7.92. The molecule has 13 heteroatoms. The van der Waals surface area contributed by atoms with Gasteiger partial charge in [0.15, 0.2) is 11.5 Å². The molecule has 6 rings (SSSR count). The molecule has 2 aromatic heterocycles. The maximum atomic E-state index is 13.4. The monoisotopic (exact) mass is 575 g/mol. The van der Waals surface area contributed by atoms with Crippen LogP contribution in [0, 0.1) is 5.92 Å². The molecule has 4 aromatic rings. The quantitative estimate of drug-likeness (QED) is 0.248. The molecule has 2 aromatic carbocycles. The number of carbonyl (C=O) groups excluding carboxylic acids is 2. The van der Waals surface area contributed by atoms with Crippen LogP contribution in [0.2, 0.25) is 0 Å². The first-order valence-electron chi connectivity index (χ1n) is 13.1. The molecule has 212 valence electrons. The van der Waals surface area contributed by atoms with E-state index in [9.17, 15) is 23.1 Å². The summed E-state index contributed by atoms with van der Waals surface area (Å²) in [6.07, 6.45) is 4.80. The molecule has 0 radical (unpaired) electrons. The normalized spacial score (nSPS) is 15.7.